The summed E-state index contributed by atoms with van der Waals surface area (Å²) >= 11 is 1.26. The SMILES string of the molecule is CCOC(=O)C1=C(C)OC(N)=C(C#N)C1c1ccc(OC(=O)c2cccs2)c(OCC)c1. The molecule has 0 spiro atoms. The van der Waals surface area contributed by atoms with Crippen molar-refractivity contribution in [2.24, 2.45) is 5.73 Å². The summed E-state index contributed by atoms with van der Waals surface area (Å²) in [5.41, 5.74) is 6.72. The minimum Gasteiger partial charge on any atom is -0.490 e. The van der Waals surface area contributed by atoms with Crippen molar-refractivity contribution in [3.8, 4) is 17.6 Å². The van der Waals surface area contributed by atoms with E-state index in [0.717, 1.165) is 0 Å². The van der Waals surface area contributed by atoms with Crippen LogP contribution in [0.4, 0.5) is 0 Å². The van der Waals surface area contributed by atoms with Crippen LogP contribution in [-0.4, -0.2) is 25.2 Å². The molecule has 0 saturated carbocycles. The van der Waals surface area contributed by atoms with Gasteiger partial charge >= 0.3 is 11.9 Å². The lowest BCUT2D eigenvalue weighted by Crippen LogP contribution is -2.25. The van der Waals surface area contributed by atoms with Gasteiger partial charge in [0.1, 0.15) is 22.3 Å². The smallest absolute Gasteiger partial charge is 0.353 e. The second kappa shape index (κ2) is 10.0. The van der Waals surface area contributed by atoms with Gasteiger partial charge in [-0.2, -0.15) is 5.26 Å². The highest BCUT2D eigenvalue weighted by molar-refractivity contribution is 7.12. The topological polar surface area (TPSA) is 121 Å². The molecule has 1 aliphatic heterocycles. The summed E-state index contributed by atoms with van der Waals surface area (Å²) in [5.74, 6) is -1.28. The van der Waals surface area contributed by atoms with Gasteiger partial charge in [0.2, 0.25) is 5.88 Å². The van der Waals surface area contributed by atoms with E-state index in [0.29, 0.717) is 17.0 Å². The van der Waals surface area contributed by atoms with E-state index in [1.165, 1.54) is 11.3 Å². The van der Waals surface area contributed by atoms with Gasteiger partial charge in [0, 0.05) is 0 Å². The molecule has 2 heterocycles. The van der Waals surface area contributed by atoms with Gasteiger partial charge < -0.3 is 24.7 Å². The van der Waals surface area contributed by atoms with E-state index in [9.17, 15) is 14.9 Å². The molecule has 0 saturated heterocycles. The van der Waals surface area contributed by atoms with Crippen molar-refractivity contribution in [1.29, 1.82) is 5.26 Å². The second-order valence-electron chi connectivity index (χ2n) is 6.62. The molecule has 2 N–H and O–H groups in total. The third-order valence-corrected chi connectivity index (χ3v) is 5.48. The van der Waals surface area contributed by atoms with E-state index in [4.69, 9.17) is 24.7 Å². The molecule has 0 radical (unpaired) electrons. The van der Waals surface area contributed by atoms with Gasteiger partial charge in [0.15, 0.2) is 11.5 Å². The Bertz CT molecular complexity index is 1130. The van der Waals surface area contributed by atoms with Crippen LogP contribution in [0.15, 0.2) is 58.5 Å². The van der Waals surface area contributed by atoms with Crippen LogP contribution in [0.2, 0.25) is 0 Å². The Labute approximate surface area is 189 Å². The van der Waals surface area contributed by atoms with Gasteiger partial charge in [-0.3, -0.25) is 0 Å². The third kappa shape index (κ3) is 4.60. The monoisotopic (exact) mass is 454 g/mol. The molecular weight excluding hydrogens is 432 g/mol. The lowest BCUT2D eigenvalue weighted by molar-refractivity contribution is -0.139. The van der Waals surface area contributed by atoms with Crippen LogP contribution < -0.4 is 15.2 Å². The van der Waals surface area contributed by atoms with Crippen LogP contribution in [0.1, 0.15) is 41.9 Å². The Morgan fingerprint density at radius 1 is 1.19 bits per heavy atom. The van der Waals surface area contributed by atoms with Crippen LogP contribution in [-0.2, 0) is 14.3 Å². The lowest BCUT2D eigenvalue weighted by Gasteiger charge is -2.27. The molecule has 2 aromatic rings. The normalized spacial score (nSPS) is 15.6. The molecule has 0 aliphatic carbocycles. The van der Waals surface area contributed by atoms with E-state index in [2.05, 4.69) is 0 Å². The molecule has 8 nitrogen and oxygen atoms in total. The van der Waals surface area contributed by atoms with E-state index in [-0.39, 0.29) is 40.9 Å². The van der Waals surface area contributed by atoms with E-state index < -0.39 is 17.9 Å². The highest BCUT2D eigenvalue weighted by atomic mass is 32.1. The van der Waals surface area contributed by atoms with Gasteiger partial charge in [-0.05, 0) is 49.9 Å². The van der Waals surface area contributed by atoms with E-state index >= 15 is 0 Å². The number of allylic oxidation sites excluding steroid dienone is 2. The molecule has 1 aliphatic rings. The molecule has 1 unspecified atom stereocenters. The van der Waals surface area contributed by atoms with Crippen molar-refractivity contribution in [2.45, 2.75) is 26.7 Å². The van der Waals surface area contributed by atoms with Gasteiger partial charge in [-0.25, -0.2) is 9.59 Å². The predicted octanol–water partition coefficient (Wildman–Crippen LogP) is 4.01. The number of ether oxygens (including phenoxy) is 4. The number of nitrogens with two attached hydrogens (primary N) is 1. The number of benzene rings is 1. The zero-order valence-electron chi connectivity index (χ0n) is 17.8. The van der Waals surface area contributed by atoms with Gasteiger partial charge in [0.25, 0.3) is 0 Å². The quantitative estimate of drug-likeness (QED) is 0.492. The maximum atomic E-state index is 12.7. The Balaban J connectivity index is 2.06. The molecule has 0 amide bonds. The van der Waals surface area contributed by atoms with Gasteiger partial charge in [0.05, 0.1) is 24.7 Å². The first-order chi connectivity index (χ1) is 15.4. The second-order valence-corrected chi connectivity index (χ2v) is 7.57. The fourth-order valence-corrected chi connectivity index (χ4v) is 3.89. The molecule has 32 heavy (non-hydrogen) atoms. The van der Waals surface area contributed by atoms with Gasteiger partial charge in [-0.15, -0.1) is 11.3 Å². The lowest BCUT2D eigenvalue weighted by atomic mass is 9.83. The summed E-state index contributed by atoms with van der Waals surface area (Å²) in [4.78, 5) is 25.5. The summed E-state index contributed by atoms with van der Waals surface area (Å²) in [5, 5.41) is 11.5. The van der Waals surface area contributed by atoms with Crippen LogP contribution >= 0.6 is 11.3 Å². The van der Waals surface area contributed by atoms with Crippen molar-refractivity contribution in [3.63, 3.8) is 0 Å². The number of hydrogen-bond acceptors (Lipinski definition) is 9. The van der Waals surface area contributed by atoms with Crippen molar-refractivity contribution in [2.75, 3.05) is 13.2 Å². The summed E-state index contributed by atoms with van der Waals surface area (Å²) in [7, 11) is 0. The minimum atomic E-state index is -0.825. The van der Waals surface area contributed by atoms with Crippen LogP contribution in [0.5, 0.6) is 11.5 Å². The maximum Gasteiger partial charge on any atom is 0.353 e. The number of rotatable bonds is 7. The van der Waals surface area contributed by atoms with Crippen LogP contribution in [0.3, 0.4) is 0 Å². The Hall–Kier alpha value is -3.77. The summed E-state index contributed by atoms with van der Waals surface area (Å²) in [6.07, 6.45) is 0. The number of hydrogen-bond donors (Lipinski definition) is 1. The largest absolute Gasteiger partial charge is 0.490 e. The standard InChI is InChI=1S/C23H22N2O6S/c1-4-28-17-11-14(8-9-16(17)31-22(26)18-7-6-10-32-18)20-15(12-24)21(25)30-13(3)19(20)23(27)29-5-2/h6-11,20H,4-5,25H2,1-3H3. The molecule has 1 aromatic carbocycles. The number of esters is 2. The first-order valence-electron chi connectivity index (χ1n) is 9.89. The van der Waals surface area contributed by atoms with E-state index in [1.54, 1.807) is 56.5 Å². The zero-order chi connectivity index (χ0) is 23.3. The van der Waals surface area contributed by atoms with Gasteiger partial charge in [-0.1, -0.05) is 12.1 Å². The van der Waals surface area contributed by atoms with Crippen molar-refractivity contribution >= 4 is 23.3 Å². The highest BCUT2D eigenvalue weighted by Gasteiger charge is 2.36. The fraction of sp³-hybridized carbons (Fsp3) is 0.261. The predicted molar refractivity (Wildman–Crippen MR) is 117 cm³/mol. The van der Waals surface area contributed by atoms with Crippen LogP contribution in [0.25, 0.3) is 0 Å². The summed E-state index contributed by atoms with van der Waals surface area (Å²) in [6, 6.07) is 10.3. The number of nitrogens with zero attached hydrogens (tertiary/aromatic N) is 1. The number of carbonyl (C=O) groups is 2. The molecule has 3 rings (SSSR count). The Morgan fingerprint density at radius 2 is 1.97 bits per heavy atom. The molecule has 166 valence electrons. The molecule has 1 aromatic heterocycles. The molecule has 9 heteroatoms. The van der Waals surface area contributed by atoms with Crippen LogP contribution in [0, 0.1) is 11.3 Å². The Morgan fingerprint density at radius 3 is 2.59 bits per heavy atom. The fourth-order valence-electron chi connectivity index (χ4n) is 3.29. The van der Waals surface area contributed by atoms with Crippen molar-refractivity contribution < 1.29 is 28.5 Å². The maximum absolute atomic E-state index is 12.7. The van der Waals surface area contributed by atoms with Crippen molar-refractivity contribution in [1.82, 2.24) is 0 Å². The average Bonchev–Trinajstić information content (AvgIpc) is 3.30. The average molecular weight is 455 g/mol. The first kappa shape index (κ1) is 22.9. The molecular formula is C23H22N2O6S. The minimum absolute atomic E-state index is 0.0735. The summed E-state index contributed by atoms with van der Waals surface area (Å²) < 4.78 is 21.8. The highest BCUT2D eigenvalue weighted by Crippen LogP contribution is 2.42. The molecule has 1 atom stereocenters. The van der Waals surface area contributed by atoms with E-state index in [1.807, 2.05) is 6.07 Å². The number of thiophene rings is 1. The summed E-state index contributed by atoms with van der Waals surface area (Å²) in [6.45, 7) is 5.53. The first-order valence-corrected chi connectivity index (χ1v) is 10.8. The number of nitriles is 1. The number of carbonyl (C=O) groups excluding carboxylic acids is 2. The molecule has 0 bridgehead atoms. The molecule has 0 fully saturated rings. The van der Waals surface area contributed by atoms with Crippen molar-refractivity contribution in [3.05, 3.63) is 68.9 Å². The Kier molecular flexibility index (Phi) is 7.18. The zero-order valence-corrected chi connectivity index (χ0v) is 18.7. The third-order valence-electron chi connectivity index (χ3n) is 4.63.